The number of allylic oxidation sites excluding steroid dienone is 4. The number of nitriles is 1. The molecule has 0 saturated carbocycles. The molecule has 1 N–H and O–H groups in total. The minimum Gasteiger partial charge on any atom is -0.387 e. The molecule has 3 aromatic heterocycles. The monoisotopic (exact) mass is 336 g/mol. The van der Waals surface area contributed by atoms with Crippen molar-refractivity contribution in [1.82, 2.24) is 9.55 Å². The number of pyridine rings is 2. The zero-order chi connectivity index (χ0) is 17.1. The van der Waals surface area contributed by atoms with Gasteiger partial charge in [-0.1, -0.05) is 12.2 Å². The summed E-state index contributed by atoms with van der Waals surface area (Å²) in [5.41, 5.74) is 1.63. The lowest BCUT2D eigenvalue weighted by Crippen LogP contribution is -2.17. The molecule has 3 heterocycles. The number of hydrogen-bond donors (Lipinski definition) is 1. The van der Waals surface area contributed by atoms with E-state index in [4.69, 9.17) is 5.26 Å². The van der Waals surface area contributed by atoms with E-state index in [1.807, 2.05) is 32.2 Å². The highest BCUT2D eigenvalue weighted by molar-refractivity contribution is 7.25. The molecule has 0 radical (unpaired) electrons. The van der Waals surface area contributed by atoms with Crippen molar-refractivity contribution in [2.75, 3.05) is 12.4 Å². The van der Waals surface area contributed by atoms with E-state index < -0.39 is 0 Å². The largest absolute Gasteiger partial charge is 0.387 e. The molecule has 0 aliphatic rings. The van der Waals surface area contributed by atoms with Gasteiger partial charge in [-0.25, -0.2) is 4.98 Å². The molecule has 120 valence electrons. The molecular formula is C18H16N4OS. The Labute approximate surface area is 143 Å². The Kier molecular flexibility index (Phi) is 4.45. The van der Waals surface area contributed by atoms with Crippen LogP contribution in [0.3, 0.4) is 0 Å². The van der Waals surface area contributed by atoms with Crippen molar-refractivity contribution in [3.05, 3.63) is 53.1 Å². The first-order valence-electron chi connectivity index (χ1n) is 7.52. The predicted octanol–water partition coefficient (Wildman–Crippen LogP) is 3.98. The van der Waals surface area contributed by atoms with Crippen LogP contribution in [0.15, 0.2) is 47.5 Å². The topological polar surface area (TPSA) is 70.7 Å². The Balaban J connectivity index is 2.24. The third-order valence-electron chi connectivity index (χ3n) is 3.77. The van der Waals surface area contributed by atoms with Gasteiger partial charge in [-0.05, 0) is 25.1 Å². The number of fused-ring (bicyclic) bond motifs is 3. The summed E-state index contributed by atoms with van der Waals surface area (Å²) in [5.74, 6) is 0. The number of aromatic nitrogens is 2. The number of rotatable bonds is 4. The van der Waals surface area contributed by atoms with E-state index in [0.717, 1.165) is 27.0 Å². The molecule has 3 rings (SSSR count). The SMILES string of the molecule is C/C=C(\C=C/CC#N)n1ccc2c(sc3nccc(NC)c32)c1=O. The van der Waals surface area contributed by atoms with Crippen LogP contribution in [0.5, 0.6) is 0 Å². The van der Waals surface area contributed by atoms with Crippen LogP contribution in [0.2, 0.25) is 0 Å². The molecule has 0 spiro atoms. The summed E-state index contributed by atoms with van der Waals surface area (Å²) in [5, 5.41) is 13.7. The fourth-order valence-electron chi connectivity index (χ4n) is 2.65. The molecule has 0 aromatic carbocycles. The van der Waals surface area contributed by atoms with Crippen LogP contribution in [0.1, 0.15) is 13.3 Å². The first-order valence-corrected chi connectivity index (χ1v) is 8.33. The van der Waals surface area contributed by atoms with Crippen LogP contribution in [0.25, 0.3) is 26.0 Å². The van der Waals surface area contributed by atoms with Crippen LogP contribution >= 0.6 is 11.3 Å². The maximum atomic E-state index is 12.9. The van der Waals surface area contributed by atoms with E-state index in [-0.39, 0.29) is 5.56 Å². The molecule has 0 saturated heterocycles. The summed E-state index contributed by atoms with van der Waals surface area (Å²) in [6.07, 6.45) is 9.22. The van der Waals surface area contributed by atoms with E-state index in [1.165, 1.54) is 11.3 Å². The summed E-state index contributed by atoms with van der Waals surface area (Å²) in [7, 11) is 1.86. The van der Waals surface area contributed by atoms with Crippen LogP contribution in [0.4, 0.5) is 5.69 Å². The molecule has 5 nitrogen and oxygen atoms in total. The smallest absolute Gasteiger partial charge is 0.273 e. The lowest BCUT2D eigenvalue weighted by atomic mass is 10.2. The van der Waals surface area contributed by atoms with E-state index in [2.05, 4.69) is 16.4 Å². The average Bonchev–Trinajstić information content (AvgIpc) is 2.99. The van der Waals surface area contributed by atoms with Gasteiger partial charge in [0.2, 0.25) is 0 Å². The summed E-state index contributed by atoms with van der Waals surface area (Å²) >= 11 is 1.40. The summed E-state index contributed by atoms with van der Waals surface area (Å²) < 4.78 is 2.28. The number of nitrogens with one attached hydrogen (secondary N) is 1. The van der Waals surface area contributed by atoms with Gasteiger partial charge in [-0.3, -0.25) is 9.36 Å². The molecule has 0 atom stereocenters. The number of nitrogens with zero attached hydrogens (tertiary/aromatic N) is 3. The van der Waals surface area contributed by atoms with Crippen molar-refractivity contribution in [1.29, 1.82) is 5.26 Å². The minimum atomic E-state index is -0.0766. The van der Waals surface area contributed by atoms with Gasteiger partial charge in [-0.15, -0.1) is 11.3 Å². The Morgan fingerprint density at radius 2 is 2.33 bits per heavy atom. The molecule has 6 heteroatoms. The van der Waals surface area contributed by atoms with Gasteiger partial charge >= 0.3 is 0 Å². The van der Waals surface area contributed by atoms with E-state index in [1.54, 1.807) is 29.1 Å². The molecule has 0 unspecified atom stereocenters. The van der Waals surface area contributed by atoms with Gasteiger partial charge < -0.3 is 5.32 Å². The third-order valence-corrected chi connectivity index (χ3v) is 4.87. The highest BCUT2D eigenvalue weighted by Gasteiger charge is 2.14. The second-order valence-electron chi connectivity index (χ2n) is 5.10. The maximum absolute atomic E-state index is 12.9. The van der Waals surface area contributed by atoms with Gasteiger partial charge in [0.25, 0.3) is 5.56 Å². The Morgan fingerprint density at radius 1 is 1.50 bits per heavy atom. The van der Waals surface area contributed by atoms with Gasteiger partial charge in [0.1, 0.15) is 9.53 Å². The lowest BCUT2D eigenvalue weighted by Gasteiger charge is -2.06. The highest BCUT2D eigenvalue weighted by atomic mass is 32.1. The molecule has 24 heavy (non-hydrogen) atoms. The molecule has 0 amide bonds. The maximum Gasteiger partial charge on any atom is 0.273 e. The Bertz CT molecular complexity index is 1070. The molecule has 3 aromatic rings. The Hall–Kier alpha value is -2.91. The van der Waals surface area contributed by atoms with Crippen molar-refractivity contribution in [2.45, 2.75) is 13.3 Å². The molecule has 0 fully saturated rings. The third kappa shape index (κ3) is 2.59. The highest BCUT2D eigenvalue weighted by Crippen LogP contribution is 2.35. The first-order chi connectivity index (χ1) is 11.7. The van der Waals surface area contributed by atoms with Crippen LogP contribution < -0.4 is 10.9 Å². The average molecular weight is 336 g/mol. The van der Waals surface area contributed by atoms with Gasteiger partial charge in [0.15, 0.2) is 0 Å². The number of anilines is 1. The second-order valence-corrected chi connectivity index (χ2v) is 6.10. The standard InChI is InChI=1S/C18H16N4OS/c1-3-12(6-4-5-9-19)22-11-8-13-15-14(20-2)7-10-21-17(15)24-16(13)18(22)23/h3-4,6-8,10-11H,5H2,1-2H3,(H,20,21)/b6-4-,12-3+. The number of thiophene rings is 1. The van der Waals surface area contributed by atoms with Crippen molar-refractivity contribution in [3.63, 3.8) is 0 Å². The summed E-state index contributed by atoms with van der Waals surface area (Å²) in [6, 6.07) is 5.91. The van der Waals surface area contributed by atoms with Gasteiger partial charge in [0, 0.05) is 41.6 Å². The molecular weight excluding hydrogens is 320 g/mol. The number of hydrogen-bond acceptors (Lipinski definition) is 5. The zero-order valence-electron chi connectivity index (χ0n) is 13.4. The minimum absolute atomic E-state index is 0.0766. The zero-order valence-corrected chi connectivity index (χ0v) is 14.2. The van der Waals surface area contributed by atoms with Crippen molar-refractivity contribution in [2.24, 2.45) is 0 Å². The molecule has 0 aliphatic carbocycles. The van der Waals surface area contributed by atoms with Crippen molar-refractivity contribution in [3.8, 4) is 6.07 Å². The normalized spacial score (nSPS) is 12.1. The van der Waals surface area contributed by atoms with E-state index in [0.29, 0.717) is 11.1 Å². The second kappa shape index (κ2) is 6.69. The lowest BCUT2D eigenvalue weighted by molar-refractivity contribution is 1.05. The van der Waals surface area contributed by atoms with Crippen LogP contribution in [-0.4, -0.2) is 16.6 Å². The van der Waals surface area contributed by atoms with Crippen molar-refractivity contribution >= 4 is 43.0 Å². The fourth-order valence-corrected chi connectivity index (χ4v) is 3.74. The van der Waals surface area contributed by atoms with E-state index >= 15 is 0 Å². The van der Waals surface area contributed by atoms with Crippen LogP contribution in [0, 0.1) is 11.3 Å². The van der Waals surface area contributed by atoms with Crippen LogP contribution in [-0.2, 0) is 0 Å². The molecule has 0 bridgehead atoms. The quantitative estimate of drug-likeness (QED) is 0.732. The summed E-state index contributed by atoms with van der Waals surface area (Å²) in [4.78, 5) is 18.1. The summed E-state index contributed by atoms with van der Waals surface area (Å²) in [6.45, 7) is 1.87. The van der Waals surface area contributed by atoms with Crippen molar-refractivity contribution < 1.29 is 0 Å². The van der Waals surface area contributed by atoms with Gasteiger partial charge in [0.05, 0.1) is 12.5 Å². The fraction of sp³-hybridized carbons (Fsp3) is 0.167. The Morgan fingerprint density at radius 3 is 3.04 bits per heavy atom. The van der Waals surface area contributed by atoms with Gasteiger partial charge in [-0.2, -0.15) is 5.26 Å². The first kappa shape index (κ1) is 16.0. The van der Waals surface area contributed by atoms with E-state index in [9.17, 15) is 4.79 Å². The molecule has 0 aliphatic heterocycles. The predicted molar refractivity (Wildman–Crippen MR) is 100 cm³/mol.